The second-order valence-electron chi connectivity index (χ2n) is 8.02. The lowest BCUT2D eigenvalue weighted by Crippen LogP contribution is -2.44. The van der Waals surface area contributed by atoms with Crippen molar-refractivity contribution in [1.29, 1.82) is 0 Å². The number of aromatic nitrogens is 2. The highest BCUT2D eigenvalue weighted by molar-refractivity contribution is 6.00. The van der Waals surface area contributed by atoms with Gasteiger partial charge in [0.1, 0.15) is 6.04 Å². The van der Waals surface area contributed by atoms with Crippen molar-refractivity contribution in [2.24, 2.45) is 7.05 Å². The van der Waals surface area contributed by atoms with Crippen LogP contribution < -0.4 is 16.3 Å². The van der Waals surface area contributed by atoms with Gasteiger partial charge in [0.25, 0.3) is 0 Å². The summed E-state index contributed by atoms with van der Waals surface area (Å²) in [6.45, 7) is 0.694. The standard InChI is InChI=1S/C21H28N4O4/c1-22-14-11-15(12-14)29-10-4-6-13-5-3-7-16-19(13)24(2)21(28)25(16)17-8-9-18(26)23-20(17)27/h3,5,7,14-15,17,22H,4,6,8-12H2,1-2H3,(H,23,26,27)/t14-,15-,17?. The Labute approximate surface area is 169 Å². The molecule has 2 aliphatic rings. The Balaban J connectivity index is 1.50. The van der Waals surface area contributed by atoms with Gasteiger partial charge in [0, 0.05) is 26.1 Å². The number of carbonyl (C=O) groups excluding carboxylic acids is 2. The van der Waals surface area contributed by atoms with Crippen LogP contribution in [0.1, 0.15) is 43.7 Å². The quantitative estimate of drug-likeness (QED) is 0.535. The van der Waals surface area contributed by atoms with E-state index in [0.717, 1.165) is 42.3 Å². The number of amides is 2. The fourth-order valence-electron chi connectivity index (χ4n) is 4.40. The lowest BCUT2D eigenvalue weighted by atomic mass is 9.89. The molecule has 8 heteroatoms. The van der Waals surface area contributed by atoms with Gasteiger partial charge >= 0.3 is 5.69 Å². The first-order chi connectivity index (χ1) is 14.0. The molecule has 1 saturated heterocycles. The van der Waals surface area contributed by atoms with Crippen LogP contribution in [0, 0.1) is 0 Å². The van der Waals surface area contributed by atoms with Crippen molar-refractivity contribution in [2.75, 3.05) is 13.7 Å². The molecular formula is C21H28N4O4. The molecule has 29 heavy (non-hydrogen) atoms. The van der Waals surface area contributed by atoms with Crippen LogP contribution >= 0.6 is 0 Å². The van der Waals surface area contributed by atoms with Crippen LogP contribution in [0.4, 0.5) is 0 Å². The second-order valence-corrected chi connectivity index (χ2v) is 8.02. The number of piperidine rings is 1. The normalized spacial score (nSPS) is 24.6. The minimum atomic E-state index is -0.652. The predicted octanol–water partition coefficient (Wildman–Crippen LogP) is 1.02. The first-order valence-electron chi connectivity index (χ1n) is 10.3. The maximum atomic E-state index is 12.9. The van der Waals surface area contributed by atoms with E-state index in [1.54, 1.807) is 11.6 Å². The third-order valence-corrected chi connectivity index (χ3v) is 6.16. The molecule has 1 aliphatic carbocycles. The number of hydrogen-bond donors (Lipinski definition) is 2. The SMILES string of the molecule is CN[C@H]1C[C@H](OCCCc2cccc3c2n(C)c(=O)n3C2CCC(=O)NC2=O)C1. The molecule has 4 rings (SSSR count). The van der Waals surface area contributed by atoms with E-state index >= 15 is 0 Å². The maximum Gasteiger partial charge on any atom is 0.329 e. The third kappa shape index (κ3) is 3.74. The van der Waals surface area contributed by atoms with Crippen LogP contribution in [0.3, 0.4) is 0 Å². The molecule has 156 valence electrons. The molecule has 1 aromatic carbocycles. The number of fused-ring (bicyclic) bond motifs is 1. The summed E-state index contributed by atoms with van der Waals surface area (Å²) in [5.74, 6) is -0.692. The van der Waals surface area contributed by atoms with Crippen molar-refractivity contribution >= 4 is 22.8 Å². The van der Waals surface area contributed by atoms with Crippen LogP contribution in [-0.4, -0.2) is 46.7 Å². The zero-order valence-electron chi connectivity index (χ0n) is 16.9. The van der Waals surface area contributed by atoms with E-state index in [-0.39, 0.29) is 18.0 Å². The van der Waals surface area contributed by atoms with Crippen LogP contribution in [0.15, 0.2) is 23.0 Å². The van der Waals surface area contributed by atoms with Crippen LogP contribution in [-0.2, 0) is 27.8 Å². The molecule has 1 aromatic heterocycles. The van der Waals surface area contributed by atoms with Crippen molar-refractivity contribution in [3.63, 3.8) is 0 Å². The monoisotopic (exact) mass is 400 g/mol. The van der Waals surface area contributed by atoms with Gasteiger partial charge in [-0.2, -0.15) is 0 Å². The van der Waals surface area contributed by atoms with Gasteiger partial charge in [0.05, 0.1) is 17.1 Å². The maximum absolute atomic E-state index is 12.9. The summed E-state index contributed by atoms with van der Waals surface area (Å²) in [7, 11) is 3.71. The fourth-order valence-corrected chi connectivity index (χ4v) is 4.40. The van der Waals surface area contributed by atoms with Crippen LogP contribution in [0.2, 0.25) is 0 Å². The number of para-hydroxylation sites is 1. The summed E-state index contributed by atoms with van der Waals surface area (Å²) in [6.07, 6.45) is 4.73. The van der Waals surface area contributed by atoms with E-state index in [1.807, 2.05) is 25.2 Å². The van der Waals surface area contributed by atoms with Gasteiger partial charge in [-0.05, 0) is 50.8 Å². The Morgan fingerprint density at radius 2 is 2.03 bits per heavy atom. The molecule has 2 amide bonds. The summed E-state index contributed by atoms with van der Waals surface area (Å²) < 4.78 is 9.06. The Hall–Kier alpha value is -2.45. The average Bonchev–Trinajstić information content (AvgIpc) is 2.92. The fraction of sp³-hybridized carbons (Fsp3) is 0.571. The Kier molecular flexibility index (Phi) is 5.56. The van der Waals surface area contributed by atoms with Crippen LogP contribution in [0.5, 0.6) is 0 Å². The first-order valence-corrected chi connectivity index (χ1v) is 10.3. The lowest BCUT2D eigenvalue weighted by molar-refractivity contribution is -0.135. The summed E-state index contributed by atoms with van der Waals surface area (Å²) >= 11 is 0. The van der Waals surface area contributed by atoms with E-state index < -0.39 is 11.9 Å². The van der Waals surface area contributed by atoms with Gasteiger partial charge < -0.3 is 10.1 Å². The molecule has 1 aliphatic heterocycles. The number of ether oxygens (including phenoxy) is 1. The highest BCUT2D eigenvalue weighted by Crippen LogP contribution is 2.26. The topological polar surface area (TPSA) is 94.4 Å². The number of aryl methyl sites for hydroxylation is 2. The van der Waals surface area contributed by atoms with Crippen molar-refractivity contribution in [3.05, 3.63) is 34.2 Å². The number of nitrogens with zero attached hydrogens (tertiary/aromatic N) is 2. The first kappa shape index (κ1) is 19.8. The van der Waals surface area contributed by atoms with Gasteiger partial charge in [0.2, 0.25) is 11.8 Å². The molecule has 0 spiro atoms. The lowest BCUT2D eigenvalue weighted by Gasteiger charge is -2.34. The number of hydrogen-bond acceptors (Lipinski definition) is 5. The molecule has 2 fully saturated rings. The van der Waals surface area contributed by atoms with Gasteiger partial charge in [-0.1, -0.05) is 12.1 Å². The number of nitrogens with one attached hydrogen (secondary N) is 2. The number of imidazole rings is 1. The number of benzene rings is 1. The van der Waals surface area contributed by atoms with Crippen molar-refractivity contribution in [3.8, 4) is 0 Å². The van der Waals surface area contributed by atoms with Crippen molar-refractivity contribution in [2.45, 2.75) is 56.7 Å². The number of carbonyl (C=O) groups is 2. The molecule has 1 saturated carbocycles. The van der Waals surface area contributed by atoms with Crippen LogP contribution in [0.25, 0.3) is 11.0 Å². The van der Waals surface area contributed by atoms with Crippen molar-refractivity contribution < 1.29 is 14.3 Å². The number of imide groups is 1. The summed E-state index contributed by atoms with van der Waals surface area (Å²) in [5, 5.41) is 5.60. The predicted molar refractivity (Wildman–Crippen MR) is 109 cm³/mol. The molecule has 8 nitrogen and oxygen atoms in total. The van der Waals surface area contributed by atoms with E-state index in [2.05, 4.69) is 10.6 Å². The van der Waals surface area contributed by atoms with E-state index in [1.165, 1.54) is 4.57 Å². The third-order valence-electron chi connectivity index (χ3n) is 6.16. The smallest absolute Gasteiger partial charge is 0.329 e. The zero-order valence-corrected chi connectivity index (χ0v) is 16.9. The Bertz CT molecular complexity index is 986. The second kappa shape index (κ2) is 8.12. The van der Waals surface area contributed by atoms with E-state index in [9.17, 15) is 14.4 Å². The minimum Gasteiger partial charge on any atom is -0.378 e. The van der Waals surface area contributed by atoms with Gasteiger partial charge in [-0.15, -0.1) is 0 Å². The molecular weight excluding hydrogens is 372 g/mol. The molecule has 1 atom stereocenters. The Morgan fingerprint density at radius 3 is 2.76 bits per heavy atom. The summed E-state index contributed by atoms with van der Waals surface area (Å²) in [4.78, 5) is 36.7. The Morgan fingerprint density at radius 1 is 1.24 bits per heavy atom. The van der Waals surface area contributed by atoms with Gasteiger partial charge in [-0.25, -0.2) is 4.79 Å². The van der Waals surface area contributed by atoms with Crippen molar-refractivity contribution in [1.82, 2.24) is 19.8 Å². The summed E-state index contributed by atoms with van der Waals surface area (Å²) in [6, 6.07) is 5.74. The average molecular weight is 400 g/mol. The van der Waals surface area contributed by atoms with Gasteiger partial charge in [0.15, 0.2) is 0 Å². The zero-order chi connectivity index (χ0) is 20.5. The van der Waals surface area contributed by atoms with E-state index in [4.69, 9.17) is 4.74 Å². The highest BCUT2D eigenvalue weighted by Gasteiger charge is 2.31. The molecule has 2 heterocycles. The van der Waals surface area contributed by atoms with Gasteiger partial charge in [-0.3, -0.25) is 24.0 Å². The molecule has 0 bridgehead atoms. The molecule has 2 N–H and O–H groups in total. The largest absolute Gasteiger partial charge is 0.378 e. The summed E-state index contributed by atoms with van der Waals surface area (Å²) in [5.41, 5.74) is 2.42. The molecule has 2 aromatic rings. The highest BCUT2D eigenvalue weighted by atomic mass is 16.5. The molecule has 1 unspecified atom stereocenters. The van der Waals surface area contributed by atoms with E-state index in [0.29, 0.717) is 25.2 Å². The minimum absolute atomic E-state index is 0.231. The molecule has 0 radical (unpaired) electrons. The number of rotatable bonds is 7.